The molecular weight excluding hydrogens is 228 g/mol. The third kappa shape index (κ3) is 1.95. The predicted molar refractivity (Wildman–Crippen MR) is 59.6 cm³/mol. The molecule has 0 atom stereocenters. The summed E-state index contributed by atoms with van der Waals surface area (Å²) in [7, 11) is 1.42. The highest BCUT2D eigenvalue weighted by molar-refractivity contribution is 5.45. The van der Waals surface area contributed by atoms with Crippen molar-refractivity contribution in [1.29, 1.82) is 0 Å². The molecule has 3 N–H and O–H groups in total. The third-order valence-corrected chi connectivity index (χ3v) is 3.38. The van der Waals surface area contributed by atoms with E-state index >= 15 is 0 Å². The zero-order valence-electron chi connectivity index (χ0n) is 9.54. The van der Waals surface area contributed by atoms with Crippen molar-refractivity contribution in [1.82, 2.24) is 0 Å². The fourth-order valence-corrected chi connectivity index (χ4v) is 2.41. The molecule has 0 unspecified atom stereocenters. The topological polar surface area (TPSA) is 55.5 Å². The van der Waals surface area contributed by atoms with Gasteiger partial charge >= 0.3 is 0 Å². The Bertz CT molecular complexity index is 427. The van der Waals surface area contributed by atoms with Crippen LogP contribution in [-0.4, -0.2) is 24.7 Å². The van der Waals surface area contributed by atoms with Crippen LogP contribution in [0.5, 0.6) is 11.5 Å². The number of aromatic hydroxyl groups is 1. The monoisotopic (exact) mass is 243 g/mol. The van der Waals surface area contributed by atoms with E-state index in [1.807, 2.05) is 0 Å². The molecule has 3 nitrogen and oxygen atoms in total. The van der Waals surface area contributed by atoms with Gasteiger partial charge < -0.3 is 15.6 Å². The van der Waals surface area contributed by atoms with E-state index in [-0.39, 0.29) is 30.9 Å². The number of hydrogen-bond donors (Lipinski definition) is 2. The minimum Gasteiger partial charge on any atom is -0.504 e. The Kier molecular flexibility index (Phi) is 2.73. The van der Waals surface area contributed by atoms with Crippen molar-refractivity contribution < 1.29 is 18.6 Å². The second kappa shape index (κ2) is 3.84. The van der Waals surface area contributed by atoms with Crippen LogP contribution in [0.4, 0.5) is 8.78 Å². The summed E-state index contributed by atoms with van der Waals surface area (Å²) in [6.45, 7) is 0.163. The van der Waals surface area contributed by atoms with E-state index in [1.165, 1.54) is 13.2 Å². The molecule has 1 fully saturated rings. The maximum atomic E-state index is 13.0. The van der Waals surface area contributed by atoms with Crippen molar-refractivity contribution in [3.8, 4) is 11.5 Å². The van der Waals surface area contributed by atoms with Crippen LogP contribution in [0, 0.1) is 0 Å². The molecule has 94 valence electrons. The van der Waals surface area contributed by atoms with Crippen LogP contribution in [0.1, 0.15) is 18.4 Å². The molecule has 0 radical (unpaired) electrons. The fraction of sp³-hybridized carbons (Fsp3) is 0.500. The first-order valence-electron chi connectivity index (χ1n) is 5.38. The summed E-state index contributed by atoms with van der Waals surface area (Å²) in [5.74, 6) is -2.36. The maximum absolute atomic E-state index is 13.0. The summed E-state index contributed by atoms with van der Waals surface area (Å²) in [5.41, 5.74) is 5.62. The van der Waals surface area contributed by atoms with Crippen LogP contribution < -0.4 is 10.5 Å². The molecule has 0 saturated heterocycles. The number of rotatable bonds is 3. The van der Waals surface area contributed by atoms with E-state index in [1.54, 1.807) is 12.1 Å². The number of phenolic OH excluding ortho intramolecular Hbond substituents is 1. The molecular formula is C12H15F2NO2. The van der Waals surface area contributed by atoms with Gasteiger partial charge in [0, 0.05) is 24.8 Å². The van der Waals surface area contributed by atoms with Crippen molar-refractivity contribution in [3.63, 3.8) is 0 Å². The lowest BCUT2D eigenvalue weighted by molar-refractivity contribution is -0.123. The molecule has 1 aromatic rings. The average molecular weight is 243 g/mol. The molecule has 17 heavy (non-hydrogen) atoms. The first-order valence-corrected chi connectivity index (χ1v) is 5.38. The SMILES string of the molecule is COc1cc(C2(CN)CC(F)(F)C2)ccc1O. The lowest BCUT2D eigenvalue weighted by Gasteiger charge is -2.47. The average Bonchev–Trinajstić information content (AvgIpc) is 2.26. The molecule has 0 heterocycles. The largest absolute Gasteiger partial charge is 0.504 e. The number of alkyl halides is 2. The summed E-state index contributed by atoms with van der Waals surface area (Å²) < 4.78 is 31.0. The minimum absolute atomic E-state index is 0.00509. The van der Waals surface area contributed by atoms with Gasteiger partial charge in [-0.2, -0.15) is 0 Å². The van der Waals surface area contributed by atoms with Crippen LogP contribution in [0.3, 0.4) is 0 Å². The predicted octanol–water partition coefficient (Wildman–Crippen LogP) is 2.03. The van der Waals surface area contributed by atoms with E-state index in [2.05, 4.69) is 0 Å². The van der Waals surface area contributed by atoms with Gasteiger partial charge in [0.2, 0.25) is 5.92 Å². The van der Waals surface area contributed by atoms with Crippen molar-refractivity contribution >= 4 is 0 Å². The molecule has 2 rings (SSSR count). The Morgan fingerprint density at radius 2 is 2.06 bits per heavy atom. The van der Waals surface area contributed by atoms with Gasteiger partial charge in [-0.1, -0.05) is 6.07 Å². The van der Waals surface area contributed by atoms with Gasteiger partial charge in [-0.05, 0) is 17.7 Å². The first kappa shape index (κ1) is 12.1. The van der Waals surface area contributed by atoms with Crippen LogP contribution >= 0.6 is 0 Å². The molecule has 0 bridgehead atoms. The number of phenols is 1. The van der Waals surface area contributed by atoms with Gasteiger partial charge in [0.05, 0.1) is 7.11 Å². The lowest BCUT2D eigenvalue weighted by atomic mass is 9.62. The molecule has 0 amide bonds. The van der Waals surface area contributed by atoms with Gasteiger partial charge in [0.15, 0.2) is 11.5 Å². The Labute approximate surface area is 98.2 Å². The van der Waals surface area contributed by atoms with E-state index in [0.717, 1.165) is 0 Å². The van der Waals surface area contributed by atoms with E-state index in [9.17, 15) is 13.9 Å². The molecule has 5 heteroatoms. The molecule has 0 aliphatic heterocycles. The van der Waals surface area contributed by atoms with Crippen LogP contribution in [-0.2, 0) is 5.41 Å². The summed E-state index contributed by atoms with van der Waals surface area (Å²) in [6.07, 6.45) is -0.491. The number of halogens is 2. The first-order chi connectivity index (χ1) is 7.92. The highest BCUT2D eigenvalue weighted by atomic mass is 19.3. The van der Waals surface area contributed by atoms with Gasteiger partial charge in [0.25, 0.3) is 0 Å². The highest BCUT2D eigenvalue weighted by Crippen LogP contribution is 2.53. The number of hydrogen-bond acceptors (Lipinski definition) is 3. The van der Waals surface area contributed by atoms with Crippen LogP contribution in [0.15, 0.2) is 18.2 Å². The molecule has 1 aliphatic rings. The maximum Gasteiger partial charge on any atom is 0.250 e. The van der Waals surface area contributed by atoms with Crippen LogP contribution in [0.2, 0.25) is 0 Å². The van der Waals surface area contributed by atoms with Crippen molar-refractivity contribution in [2.24, 2.45) is 5.73 Å². The van der Waals surface area contributed by atoms with E-state index in [0.29, 0.717) is 5.56 Å². The normalized spacial score (nSPS) is 20.7. The number of benzene rings is 1. The quantitative estimate of drug-likeness (QED) is 0.854. The van der Waals surface area contributed by atoms with Gasteiger partial charge in [-0.15, -0.1) is 0 Å². The Balaban J connectivity index is 2.33. The molecule has 1 aromatic carbocycles. The van der Waals surface area contributed by atoms with E-state index < -0.39 is 11.3 Å². The number of methoxy groups -OCH3 is 1. The highest BCUT2D eigenvalue weighted by Gasteiger charge is 2.56. The lowest BCUT2D eigenvalue weighted by Crippen LogP contribution is -2.53. The zero-order chi connectivity index (χ0) is 12.7. The second-order valence-corrected chi connectivity index (χ2v) is 4.58. The third-order valence-electron chi connectivity index (χ3n) is 3.38. The van der Waals surface area contributed by atoms with Crippen molar-refractivity contribution in [2.45, 2.75) is 24.2 Å². The van der Waals surface area contributed by atoms with Gasteiger partial charge in [0.1, 0.15) is 0 Å². The van der Waals surface area contributed by atoms with Gasteiger partial charge in [-0.25, -0.2) is 8.78 Å². The van der Waals surface area contributed by atoms with Crippen molar-refractivity contribution in [2.75, 3.05) is 13.7 Å². The molecule has 1 saturated carbocycles. The summed E-state index contributed by atoms with van der Waals surface area (Å²) in [5, 5.41) is 9.46. The second-order valence-electron chi connectivity index (χ2n) is 4.58. The minimum atomic E-state index is -2.63. The fourth-order valence-electron chi connectivity index (χ4n) is 2.41. The summed E-state index contributed by atoms with van der Waals surface area (Å²) in [6, 6.07) is 4.65. The smallest absolute Gasteiger partial charge is 0.250 e. The van der Waals surface area contributed by atoms with Gasteiger partial charge in [-0.3, -0.25) is 0 Å². The summed E-state index contributed by atoms with van der Waals surface area (Å²) in [4.78, 5) is 0. The zero-order valence-corrected chi connectivity index (χ0v) is 9.54. The van der Waals surface area contributed by atoms with Crippen LogP contribution in [0.25, 0.3) is 0 Å². The Morgan fingerprint density at radius 3 is 2.53 bits per heavy atom. The molecule has 1 aliphatic carbocycles. The standard InChI is InChI=1S/C12H15F2NO2/c1-17-10-4-8(2-3-9(10)16)11(7-15)5-12(13,14)6-11/h2-4,16H,5-7,15H2,1H3. The Hall–Kier alpha value is -1.36. The number of ether oxygens (including phenoxy) is 1. The number of nitrogens with two attached hydrogens (primary N) is 1. The molecule has 0 spiro atoms. The molecule has 0 aromatic heterocycles. The van der Waals surface area contributed by atoms with E-state index in [4.69, 9.17) is 10.5 Å². The van der Waals surface area contributed by atoms with Crippen molar-refractivity contribution in [3.05, 3.63) is 23.8 Å². The Morgan fingerprint density at radius 1 is 1.41 bits per heavy atom. The summed E-state index contributed by atoms with van der Waals surface area (Å²) >= 11 is 0.